The van der Waals surface area contributed by atoms with E-state index < -0.39 is 0 Å². The van der Waals surface area contributed by atoms with E-state index in [1.54, 1.807) is 0 Å². The summed E-state index contributed by atoms with van der Waals surface area (Å²) >= 11 is 7.68. The number of ketones is 1. The fourth-order valence-corrected chi connectivity index (χ4v) is 3.13. The quantitative estimate of drug-likeness (QED) is 0.563. The predicted molar refractivity (Wildman–Crippen MR) is 82.2 cm³/mol. The summed E-state index contributed by atoms with van der Waals surface area (Å²) in [6.45, 7) is 2.02. The lowest BCUT2D eigenvalue weighted by atomic mass is 10.1. The third-order valence-corrected chi connectivity index (χ3v) is 4.71. The van der Waals surface area contributed by atoms with Gasteiger partial charge in [0.2, 0.25) is 0 Å². The van der Waals surface area contributed by atoms with Crippen molar-refractivity contribution in [2.45, 2.75) is 23.5 Å². The molecule has 0 aromatic heterocycles. The lowest BCUT2D eigenvalue weighted by Gasteiger charge is -2.14. The van der Waals surface area contributed by atoms with Crippen LogP contribution in [0.4, 0.5) is 0 Å². The fraction of sp³-hybridized carbons (Fsp3) is 0.188. The first kappa shape index (κ1) is 14.2. The summed E-state index contributed by atoms with van der Waals surface area (Å²) < 4.78 is 0. The first-order valence-electron chi connectivity index (χ1n) is 6.22. The van der Waals surface area contributed by atoms with Crippen molar-refractivity contribution in [3.63, 3.8) is 0 Å². The molecule has 0 spiro atoms. The van der Waals surface area contributed by atoms with Gasteiger partial charge in [-0.05, 0) is 18.6 Å². The molecule has 98 valence electrons. The highest BCUT2D eigenvalue weighted by Crippen LogP contribution is 2.32. The zero-order chi connectivity index (χ0) is 13.7. The van der Waals surface area contributed by atoms with E-state index in [1.165, 1.54) is 11.8 Å². The lowest BCUT2D eigenvalue weighted by molar-refractivity contribution is 0.0988. The third-order valence-electron chi connectivity index (χ3n) is 2.83. The summed E-state index contributed by atoms with van der Waals surface area (Å²) in [6.07, 6.45) is 0.781. The summed E-state index contributed by atoms with van der Waals surface area (Å²) in [6, 6.07) is 17.0. The normalized spacial score (nSPS) is 12.1. The molecule has 1 unspecified atom stereocenters. The van der Waals surface area contributed by atoms with Crippen molar-refractivity contribution in [3.05, 3.63) is 65.2 Å². The number of carbonyl (C=O) groups is 1. The van der Waals surface area contributed by atoms with Crippen LogP contribution >= 0.6 is 23.4 Å². The molecule has 0 saturated heterocycles. The van der Waals surface area contributed by atoms with E-state index in [4.69, 9.17) is 11.6 Å². The van der Waals surface area contributed by atoms with Crippen molar-refractivity contribution < 1.29 is 4.79 Å². The molecule has 0 aliphatic rings. The molecule has 0 amide bonds. The zero-order valence-corrected chi connectivity index (χ0v) is 12.2. The second kappa shape index (κ2) is 6.78. The number of carbonyl (C=O) groups excluding carboxylic acids is 1. The van der Waals surface area contributed by atoms with Crippen molar-refractivity contribution >= 4 is 29.1 Å². The molecule has 1 atom stereocenters. The van der Waals surface area contributed by atoms with Crippen LogP contribution in [0.1, 0.15) is 23.7 Å². The first-order valence-corrected chi connectivity index (χ1v) is 7.48. The van der Waals surface area contributed by atoms with Gasteiger partial charge < -0.3 is 0 Å². The van der Waals surface area contributed by atoms with E-state index in [1.807, 2.05) is 61.5 Å². The molecular formula is C16H15ClOS. The highest BCUT2D eigenvalue weighted by Gasteiger charge is 2.20. The lowest BCUT2D eigenvalue weighted by Crippen LogP contribution is -2.16. The van der Waals surface area contributed by atoms with Crippen molar-refractivity contribution in [1.82, 2.24) is 0 Å². The van der Waals surface area contributed by atoms with Gasteiger partial charge in [0, 0.05) is 10.5 Å². The van der Waals surface area contributed by atoms with Crippen LogP contribution in [-0.4, -0.2) is 11.0 Å². The first-order chi connectivity index (χ1) is 9.22. The van der Waals surface area contributed by atoms with Gasteiger partial charge in [0.25, 0.3) is 0 Å². The number of Topliss-reactive ketones (excluding diaryl/α,β-unsaturated/α-hetero) is 1. The topological polar surface area (TPSA) is 17.1 Å². The second-order valence-electron chi connectivity index (χ2n) is 4.18. The maximum atomic E-state index is 12.4. The Morgan fingerprint density at radius 3 is 2.37 bits per heavy atom. The Bertz CT molecular complexity index is 554. The van der Waals surface area contributed by atoms with Crippen LogP contribution in [0.25, 0.3) is 0 Å². The number of benzene rings is 2. The Balaban J connectivity index is 2.17. The van der Waals surface area contributed by atoms with Gasteiger partial charge in [-0.3, -0.25) is 4.79 Å². The summed E-state index contributed by atoms with van der Waals surface area (Å²) in [5.41, 5.74) is 0.758. The van der Waals surface area contributed by atoms with Gasteiger partial charge in [-0.25, -0.2) is 0 Å². The van der Waals surface area contributed by atoms with E-state index >= 15 is 0 Å². The highest BCUT2D eigenvalue weighted by atomic mass is 35.5. The Morgan fingerprint density at radius 1 is 1.11 bits per heavy atom. The van der Waals surface area contributed by atoms with Crippen LogP contribution < -0.4 is 0 Å². The summed E-state index contributed by atoms with van der Waals surface area (Å²) in [4.78, 5) is 13.4. The van der Waals surface area contributed by atoms with Crippen molar-refractivity contribution in [3.8, 4) is 0 Å². The highest BCUT2D eigenvalue weighted by molar-refractivity contribution is 8.00. The van der Waals surface area contributed by atoms with E-state index in [2.05, 4.69) is 0 Å². The predicted octanol–water partition coefficient (Wildman–Crippen LogP) is 5.09. The van der Waals surface area contributed by atoms with Crippen LogP contribution in [0.5, 0.6) is 0 Å². The molecule has 2 aromatic carbocycles. The van der Waals surface area contributed by atoms with Gasteiger partial charge in [0.1, 0.15) is 0 Å². The number of halogens is 1. The third kappa shape index (κ3) is 3.62. The largest absolute Gasteiger partial charge is 0.293 e. The minimum absolute atomic E-state index is 0.0951. The maximum absolute atomic E-state index is 12.4. The average Bonchev–Trinajstić information content (AvgIpc) is 2.47. The number of hydrogen-bond acceptors (Lipinski definition) is 2. The SMILES string of the molecule is CCC(Sc1ccccc1Cl)C(=O)c1ccccc1. The van der Waals surface area contributed by atoms with Crippen molar-refractivity contribution in [2.75, 3.05) is 0 Å². The van der Waals surface area contributed by atoms with Gasteiger partial charge >= 0.3 is 0 Å². The van der Waals surface area contributed by atoms with Crippen LogP contribution in [0, 0.1) is 0 Å². The van der Waals surface area contributed by atoms with E-state index in [0.717, 1.165) is 16.9 Å². The smallest absolute Gasteiger partial charge is 0.176 e. The molecule has 1 nitrogen and oxygen atoms in total. The standard InChI is InChI=1S/C16H15ClOS/c1-2-14(16(18)12-8-4-3-5-9-12)19-15-11-7-6-10-13(15)17/h3-11,14H,2H2,1H3. The molecule has 2 aromatic rings. The summed E-state index contributed by atoms with van der Waals surface area (Å²) in [7, 11) is 0. The van der Waals surface area contributed by atoms with Gasteiger partial charge in [-0.1, -0.05) is 61.0 Å². The molecule has 0 heterocycles. The molecular weight excluding hydrogens is 276 g/mol. The van der Waals surface area contributed by atoms with E-state index in [9.17, 15) is 4.79 Å². The maximum Gasteiger partial charge on any atom is 0.176 e. The molecule has 2 rings (SSSR count). The van der Waals surface area contributed by atoms with Crippen LogP contribution in [0.15, 0.2) is 59.5 Å². The van der Waals surface area contributed by atoms with Gasteiger partial charge in [-0.2, -0.15) is 0 Å². The molecule has 19 heavy (non-hydrogen) atoms. The molecule has 0 saturated carbocycles. The van der Waals surface area contributed by atoms with Crippen molar-refractivity contribution in [2.24, 2.45) is 0 Å². The molecule has 0 fully saturated rings. The number of thioether (sulfide) groups is 1. The number of hydrogen-bond donors (Lipinski definition) is 0. The molecule has 3 heteroatoms. The summed E-state index contributed by atoms with van der Waals surface area (Å²) in [5, 5.41) is 0.606. The fourth-order valence-electron chi connectivity index (χ4n) is 1.80. The molecule has 0 N–H and O–H groups in total. The Hall–Kier alpha value is -1.25. The Labute approximate surface area is 123 Å². The molecule has 0 aliphatic heterocycles. The molecule has 0 aliphatic carbocycles. The molecule has 0 bridgehead atoms. The van der Waals surface area contributed by atoms with Gasteiger partial charge in [-0.15, -0.1) is 11.8 Å². The zero-order valence-electron chi connectivity index (χ0n) is 10.7. The Morgan fingerprint density at radius 2 is 1.74 bits per heavy atom. The van der Waals surface area contributed by atoms with Gasteiger partial charge in [0.15, 0.2) is 5.78 Å². The minimum atomic E-state index is -0.0951. The van der Waals surface area contributed by atoms with E-state index in [-0.39, 0.29) is 11.0 Å². The minimum Gasteiger partial charge on any atom is -0.293 e. The van der Waals surface area contributed by atoms with Gasteiger partial charge in [0.05, 0.1) is 10.3 Å². The van der Waals surface area contributed by atoms with Crippen LogP contribution in [0.2, 0.25) is 5.02 Å². The summed E-state index contributed by atoms with van der Waals surface area (Å²) in [5.74, 6) is 0.160. The Kier molecular flexibility index (Phi) is 5.06. The van der Waals surface area contributed by atoms with Crippen molar-refractivity contribution in [1.29, 1.82) is 0 Å². The number of rotatable bonds is 5. The van der Waals surface area contributed by atoms with E-state index in [0.29, 0.717) is 5.02 Å². The van der Waals surface area contributed by atoms with Crippen LogP contribution in [-0.2, 0) is 0 Å². The molecule has 0 radical (unpaired) electrons. The second-order valence-corrected chi connectivity index (χ2v) is 5.83. The monoisotopic (exact) mass is 290 g/mol. The average molecular weight is 291 g/mol. The van der Waals surface area contributed by atoms with Crippen LogP contribution in [0.3, 0.4) is 0 Å².